The quantitative estimate of drug-likeness (QED) is 0.606. The zero-order chi connectivity index (χ0) is 17.4. The first-order valence-corrected chi connectivity index (χ1v) is 10.1. The van der Waals surface area contributed by atoms with E-state index in [2.05, 4.69) is 15.6 Å². The fourth-order valence-electron chi connectivity index (χ4n) is 2.70. The molecule has 0 aromatic heterocycles. The molecular weight excluding hydrogens is 324 g/mol. The molecule has 1 aliphatic heterocycles. The first-order valence-electron chi connectivity index (χ1n) is 8.69. The second-order valence-corrected chi connectivity index (χ2v) is 7.77. The number of piperidine rings is 1. The molecule has 0 bridgehead atoms. The minimum Gasteiger partial charge on any atom is -0.357 e. The largest absolute Gasteiger partial charge is 0.357 e. The highest BCUT2D eigenvalue weighted by molar-refractivity contribution is 7.89. The molecular formula is C17H28N4O2S. The van der Waals surface area contributed by atoms with Gasteiger partial charge in [0.2, 0.25) is 10.0 Å². The van der Waals surface area contributed by atoms with E-state index < -0.39 is 10.0 Å². The summed E-state index contributed by atoms with van der Waals surface area (Å²) in [6, 6.07) is 7.07. The van der Waals surface area contributed by atoms with Crippen LogP contribution in [0.3, 0.4) is 0 Å². The maximum Gasteiger partial charge on any atom is 0.243 e. The number of aliphatic imine (C=N–C) groups is 1. The molecule has 2 N–H and O–H groups in total. The summed E-state index contributed by atoms with van der Waals surface area (Å²) in [5, 5.41) is 6.34. The molecule has 1 heterocycles. The third kappa shape index (κ3) is 4.95. The van der Waals surface area contributed by atoms with Crippen molar-refractivity contribution in [1.82, 2.24) is 14.9 Å². The monoisotopic (exact) mass is 352 g/mol. The molecule has 1 aromatic rings. The molecule has 1 aromatic carbocycles. The molecule has 1 aliphatic rings. The van der Waals surface area contributed by atoms with Crippen LogP contribution in [0.25, 0.3) is 0 Å². The molecule has 0 radical (unpaired) electrons. The van der Waals surface area contributed by atoms with Gasteiger partial charge in [-0.1, -0.05) is 18.6 Å². The van der Waals surface area contributed by atoms with Gasteiger partial charge in [-0.15, -0.1) is 0 Å². The van der Waals surface area contributed by atoms with Crippen molar-refractivity contribution in [1.29, 1.82) is 0 Å². The Labute approximate surface area is 145 Å². The molecule has 1 saturated heterocycles. The lowest BCUT2D eigenvalue weighted by Gasteiger charge is -2.25. The molecule has 6 nitrogen and oxygen atoms in total. The Morgan fingerprint density at radius 1 is 1.04 bits per heavy atom. The highest BCUT2D eigenvalue weighted by Crippen LogP contribution is 2.20. The Morgan fingerprint density at radius 3 is 2.17 bits per heavy atom. The number of nitrogens with one attached hydrogen (secondary N) is 2. The van der Waals surface area contributed by atoms with E-state index in [9.17, 15) is 8.42 Å². The van der Waals surface area contributed by atoms with Crippen molar-refractivity contribution in [3.8, 4) is 0 Å². The Hall–Kier alpha value is -1.60. The molecule has 1 fully saturated rings. The van der Waals surface area contributed by atoms with Gasteiger partial charge in [0.05, 0.1) is 11.4 Å². The second-order valence-electron chi connectivity index (χ2n) is 5.83. The van der Waals surface area contributed by atoms with Gasteiger partial charge in [0.25, 0.3) is 0 Å². The minimum absolute atomic E-state index is 0.371. The lowest BCUT2D eigenvalue weighted by Crippen LogP contribution is -2.37. The third-order valence-electron chi connectivity index (χ3n) is 3.98. The first kappa shape index (κ1) is 18.7. The van der Waals surface area contributed by atoms with Crippen molar-refractivity contribution >= 4 is 16.0 Å². The zero-order valence-corrected chi connectivity index (χ0v) is 15.4. The van der Waals surface area contributed by atoms with Crippen LogP contribution in [0.1, 0.15) is 38.7 Å². The molecule has 7 heteroatoms. The van der Waals surface area contributed by atoms with Crippen molar-refractivity contribution in [3.63, 3.8) is 0 Å². The van der Waals surface area contributed by atoms with Gasteiger partial charge >= 0.3 is 0 Å². The van der Waals surface area contributed by atoms with Crippen LogP contribution in [-0.2, 0) is 16.6 Å². The number of sulfonamides is 1. The molecule has 2 rings (SSSR count). The number of hydrogen-bond acceptors (Lipinski definition) is 3. The standard InChI is InChI=1S/C17H28N4O2S/c1-3-18-17(19-4-2)20-14-15-8-10-16(11-9-15)24(22,23)21-12-6-5-7-13-21/h8-11H,3-7,12-14H2,1-2H3,(H2,18,19,20). The highest BCUT2D eigenvalue weighted by atomic mass is 32.2. The number of nitrogens with zero attached hydrogens (tertiary/aromatic N) is 2. The van der Waals surface area contributed by atoms with Crippen LogP contribution in [0.5, 0.6) is 0 Å². The molecule has 0 aliphatic carbocycles. The van der Waals surface area contributed by atoms with Crippen LogP contribution < -0.4 is 10.6 Å². The Balaban J connectivity index is 2.05. The van der Waals surface area contributed by atoms with Crippen molar-refractivity contribution in [2.45, 2.75) is 44.6 Å². The highest BCUT2D eigenvalue weighted by Gasteiger charge is 2.25. The van der Waals surface area contributed by atoms with Gasteiger partial charge in [-0.3, -0.25) is 0 Å². The van der Waals surface area contributed by atoms with Crippen LogP contribution in [0.4, 0.5) is 0 Å². The van der Waals surface area contributed by atoms with Crippen molar-refractivity contribution < 1.29 is 8.42 Å². The normalized spacial score (nSPS) is 15.8. The topological polar surface area (TPSA) is 73.8 Å². The Kier molecular flexibility index (Phi) is 7.05. The predicted molar refractivity (Wildman–Crippen MR) is 97.5 cm³/mol. The third-order valence-corrected chi connectivity index (χ3v) is 5.90. The van der Waals surface area contributed by atoms with Gasteiger partial charge in [0.1, 0.15) is 0 Å². The SMILES string of the molecule is CCNC(=NCc1ccc(S(=O)(=O)N2CCCCC2)cc1)NCC. The van der Waals surface area contributed by atoms with Crippen molar-refractivity contribution in [2.24, 2.45) is 4.99 Å². The van der Waals surface area contributed by atoms with Gasteiger partial charge in [-0.25, -0.2) is 13.4 Å². The van der Waals surface area contributed by atoms with E-state index in [0.717, 1.165) is 43.9 Å². The van der Waals surface area contributed by atoms with Gasteiger partial charge in [-0.2, -0.15) is 4.31 Å². The summed E-state index contributed by atoms with van der Waals surface area (Å²) in [6.45, 7) is 7.42. The van der Waals surface area contributed by atoms with Crippen molar-refractivity contribution in [2.75, 3.05) is 26.2 Å². The van der Waals surface area contributed by atoms with Crippen molar-refractivity contribution in [3.05, 3.63) is 29.8 Å². The van der Waals surface area contributed by atoms with Crippen LogP contribution in [0.2, 0.25) is 0 Å². The van der Waals surface area contributed by atoms with Crippen LogP contribution >= 0.6 is 0 Å². The minimum atomic E-state index is -3.35. The van der Waals surface area contributed by atoms with E-state index in [1.54, 1.807) is 16.4 Å². The Bertz CT molecular complexity index is 627. The lowest BCUT2D eigenvalue weighted by molar-refractivity contribution is 0.346. The predicted octanol–water partition coefficient (Wildman–Crippen LogP) is 1.94. The summed E-state index contributed by atoms with van der Waals surface area (Å²) in [5.74, 6) is 0.769. The average molecular weight is 353 g/mol. The molecule has 0 saturated carbocycles. The lowest BCUT2D eigenvalue weighted by atomic mass is 10.2. The maximum atomic E-state index is 12.6. The molecule has 134 valence electrons. The summed E-state index contributed by atoms with van der Waals surface area (Å²) >= 11 is 0. The second kappa shape index (κ2) is 9.03. The molecule has 0 spiro atoms. The smallest absolute Gasteiger partial charge is 0.243 e. The first-order chi connectivity index (χ1) is 11.6. The summed E-state index contributed by atoms with van der Waals surface area (Å²) in [6.07, 6.45) is 3.01. The van der Waals surface area contributed by atoms with E-state index in [1.807, 2.05) is 26.0 Å². The molecule has 0 unspecified atom stereocenters. The van der Waals surface area contributed by atoms with Crippen LogP contribution in [0, 0.1) is 0 Å². The number of rotatable bonds is 6. The van der Waals surface area contributed by atoms with Gasteiger partial charge in [0.15, 0.2) is 5.96 Å². The van der Waals surface area contributed by atoms with E-state index in [1.165, 1.54) is 0 Å². The van der Waals surface area contributed by atoms with E-state index in [4.69, 9.17) is 0 Å². The fourth-order valence-corrected chi connectivity index (χ4v) is 4.22. The van der Waals surface area contributed by atoms with E-state index >= 15 is 0 Å². The zero-order valence-electron chi connectivity index (χ0n) is 14.6. The fraction of sp³-hybridized carbons (Fsp3) is 0.588. The molecule has 0 amide bonds. The number of benzene rings is 1. The van der Waals surface area contributed by atoms with E-state index in [-0.39, 0.29) is 0 Å². The summed E-state index contributed by atoms with van der Waals surface area (Å²) in [7, 11) is -3.35. The van der Waals surface area contributed by atoms with E-state index in [0.29, 0.717) is 24.5 Å². The molecule has 24 heavy (non-hydrogen) atoms. The number of guanidine groups is 1. The van der Waals surface area contributed by atoms with Crippen LogP contribution in [0.15, 0.2) is 34.2 Å². The van der Waals surface area contributed by atoms with Gasteiger partial charge in [0, 0.05) is 26.2 Å². The Morgan fingerprint density at radius 2 is 1.62 bits per heavy atom. The summed E-state index contributed by atoms with van der Waals surface area (Å²) < 4.78 is 26.8. The van der Waals surface area contributed by atoms with Gasteiger partial charge < -0.3 is 10.6 Å². The summed E-state index contributed by atoms with van der Waals surface area (Å²) in [4.78, 5) is 4.86. The van der Waals surface area contributed by atoms with Gasteiger partial charge in [-0.05, 0) is 44.4 Å². The maximum absolute atomic E-state index is 12.6. The average Bonchev–Trinajstić information content (AvgIpc) is 2.61. The molecule has 0 atom stereocenters. The number of hydrogen-bond donors (Lipinski definition) is 2. The summed E-state index contributed by atoms with van der Waals surface area (Å²) in [5.41, 5.74) is 0.987. The van der Waals surface area contributed by atoms with Crippen LogP contribution in [-0.4, -0.2) is 44.9 Å².